The molecule has 2 nitrogen and oxygen atoms in total. The second-order valence-corrected chi connectivity index (χ2v) is 5.97. The van der Waals surface area contributed by atoms with Gasteiger partial charge in [0.2, 0.25) is 0 Å². The van der Waals surface area contributed by atoms with Crippen LogP contribution in [0.3, 0.4) is 0 Å². The standard InChI is InChI=1S/C11H13FO2S/c1-11(2,3)15-9-7(10(13)14)5-4-6-8(9)12/h4-6H,1-3H3,(H,13,14). The predicted octanol–water partition coefficient (Wildman–Crippen LogP) is 3.41. The molecule has 0 aliphatic carbocycles. The largest absolute Gasteiger partial charge is 0.478 e. The van der Waals surface area contributed by atoms with E-state index in [1.165, 1.54) is 30.0 Å². The molecule has 0 aliphatic heterocycles. The molecule has 15 heavy (non-hydrogen) atoms. The monoisotopic (exact) mass is 228 g/mol. The summed E-state index contributed by atoms with van der Waals surface area (Å²) in [7, 11) is 0. The molecule has 0 saturated heterocycles. The van der Waals surface area contributed by atoms with Crippen LogP contribution in [0.25, 0.3) is 0 Å². The highest BCUT2D eigenvalue weighted by Gasteiger charge is 2.20. The van der Waals surface area contributed by atoms with Crippen molar-refractivity contribution in [2.24, 2.45) is 0 Å². The van der Waals surface area contributed by atoms with Crippen LogP contribution >= 0.6 is 11.8 Å². The van der Waals surface area contributed by atoms with E-state index in [1.54, 1.807) is 0 Å². The Kier molecular flexibility index (Phi) is 3.39. The zero-order valence-electron chi connectivity index (χ0n) is 8.87. The average Bonchev–Trinajstić information content (AvgIpc) is 2.05. The summed E-state index contributed by atoms with van der Waals surface area (Å²) in [6.07, 6.45) is 0. The first kappa shape index (κ1) is 12.0. The van der Waals surface area contributed by atoms with Gasteiger partial charge in [-0.15, -0.1) is 11.8 Å². The van der Waals surface area contributed by atoms with Crippen LogP contribution in [0.15, 0.2) is 23.1 Å². The van der Waals surface area contributed by atoms with Gasteiger partial charge in [0.25, 0.3) is 0 Å². The van der Waals surface area contributed by atoms with Gasteiger partial charge in [-0.2, -0.15) is 0 Å². The van der Waals surface area contributed by atoms with Gasteiger partial charge >= 0.3 is 5.97 Å². The van der Waals surface area contributed by atoms with Crippen LogP contribution in [-0.2, 0) is 0 Å². The second kappa shape index (κ2) is 4.23. The maximum absolute atomic E-state index is 13.5. The normalized spacial score (nSPS) is 11.5. The topological polar surface area (TPSA) is 37.3 Å². The molecule has 0 aliphatic rings. The van der Waals surface area contributed by atoms with Crippen molar-refractivity contribution in [2.45, 2.75) is 30.4 Å². The lowest BCUT2D eigenvalue weighted by Crippen LogP contribution is -2.10. The highest BCUT2D eigenvalue weighted by Crippen LogP contribution is 2.35. The molecule has 1 aromatic rings. The first-order valence-electron chi connectivity index (χ1n) is 4.52. The first-order chi connectivity index (χ1) is 6.81. The molecule has 1 aromatic carbocycles. The third kappa shape index (κ3) is 3.23. The minimum atomic E-state index is -1.10. The summed E-state index contributed by atoms with van der Waals surface area (Å²) in [6, 6.07) is 4.10. The van der Waals surface area contributed by atoms with Crippen molar-refractivity contribution < 1.29 is 14.3 Å². The summed E-state index contributed by atoms with van der Waals surface area (Å²) in [5.74, 6) is -1.57. The fourth-order valence-electron chi connectivity index (χ4n) is 1.09. The van der Waals surface area contributed by atoms with Gasteiger partial charge in [0, 0.05) is 4.75 Å². The lowest BCUT2D eigenvalue weighted by molar-refractivity contribution is 0.0692. The number of carboxylic acids is 1. The van der Waals surface area contributed by atoms with E-state index >= 15 is 0 Å². The van der Waals surface area contributed by atoms with E-state index in [2.05, 4.69) is 0 Å². The molecule has 0 unspecified atom stereocenters. The van der Waals surface area contributed by atoms with E-state index in [1.807, 2.05) is 20.8 Å². The van der Waals surface area contributed by atoms with Crippen LogP contribution in [0.4, 0.5) is 4.39 Å². The maximum atomic E-state index is 13.5. The minimum Gasteiger partial charge on any atom is -0.478 e. The van der Waals surface area contributed by atoms with Crippen LogP contribution in [0.5, 0.6) is 0 Å². The van der Waals surface area contributed by atoms with Gasteiger partial charge in [0.15, 0.2) is 0 Å². The van der Waals surface area contributed by atoms with Crippen LogP contribution in [-0.4, -0.2) is 15.8 Å². The van der Waals surface area contributed by atoms with E-state index in [0.717, 1.165) is 0 Å². The van der Waals surface area contributed by atoms with Gasteiger partial charge in [-0.25, -0.2) is 9.18 Å². The summed E-state index contributed by atoms with van der Waals surface area (Å²) in [5, 5.41) is 8.91. The van der Waals surface area contributed by atoms with E-state index in [9.17, 15) is 9.18 Å². The molecule has 0 heterocycles. The molecule has 0 bridgehead atoms. The number of hydrogen-bond acceptors (Lipinski definition) is 2. The van der Waals surface area contributed by atoms with Crippen LogP contribution < -0.4 is 0 Å². The molecule has 0 spiro atoms. The number of rotatable bonds is 2. The van der Waals surface area contributed by atoms with Crippen molar-refractivity contribution >= 4 is 17.7 Å². The molecule has 0 fully saturated rings. The Morgan fingerprint density at radius 1 is 1.40 bits per heavy atom. The Balaban J connectivity index is 3.19. The van der Waals surface area contributed by atoms with Gasteiger partial charge < -0.3 is 5.11 Å². The van der Waals surface area contributed by atoms with E-state index in [4.69, 9.17) is 5.11 Å². The number of benzene rings is 1. The van der Waals surface area contributed by atoms with Crippen molar-refractivity contribution in [2.75, 3.05) is 0 Å². The molecule has 0 saturated carbocycles. The van der Waals surface area contributed by atoms with E-state index in [0.29, 0.717) is 0 Å². The number of carbonyl (C=O) groups is 1. The van der Waals surface area contributed by atoms with Gasteiger partial charge in [0.05, 0.1) is 10.5 Å². The summed E-state index contributed by atoms with van der Waals surface area (Å²) in [4.78, 5) is 11.1. The first-order valence-corrected chi connectivity index (χ1v) is 5.34. The van der Waals surface area contributed by atoms with Crippen LogP contribution in [0.1, 0.15) is 31.1 Å². The number of hydrogen-bond donors (Lipinski definition) is 1. The van der Waals surface area contributed by atoms with Gasteiger partial charge in [-0.1, -0.05) is 26.8 Å². The maximum Gasteiger partial charge on any atom is 0.336 e. The highest BCUT2D eigenvalue weighted by atomic mass is 32.2. The van der Waals surface area contributed by atoms with Crippen LogP contribution in [0, 0.1) is 5.82 Å². The molecule has 0 radical (unpaired) electrons. The minimum absolute atomic E-state index is 0.0231. The average molecular weight is 228 g/mol. The fraction of sp³-hybridized carbons (Fsp3) is 0.364. The molecule has 1 N–H and O–H groups in total. The van der Waals surface area contributed by atoms with Crippen molar-refractivity contribution in [3.05, 3.63) is 29.6 Å². The third-order valence-electron chi connectivity index (χ3n) is 1.61. The smallest absolute Gasteiger partial charge is 0.336 e. The van der Waals surface area contributed by atoms with Gasteiger partial charge in [-0.3, -0.25) is 0 Å². The molecule has 0 atom stereocenters. The predicted molar refractivity (Wildman–Crippen MR) is 59.0 cm³/mol. The van der Waals surface area contributed by atoms with Crippen molar-refractivity contribution in [1.29, 1.82) is 0 Å². The molecule has 0 amide bonds. The SMILES string of the molecule is CC(C)(C)Sc1c(F)cccc1C(=O)O. The lowest BCUT2D eigenvalue weighted by atomic mass is 10.2. The van der Waals surface area contributed by atoms with Gasteiger partial charge in [0.1, 0.15) is 5.82 Å². The Morgan fingerprint density at radius 2 is 2.00 bits per heavy atom. The molecular weight excluding hydrogens is 215 g/mol. The summed E-state index contributed by atoms with van der Waals surface area (Å²) in [6.45, 7) is 5.74. The molecule has 0 aromatic heterocycles. The third-order valence-corrected chi connectivity index (χ3v) is 2.84. The Bertz CT molecular complexity index is 383. The van der Waals surface area contributed by atoms with Crippen molar-refractivity contribution in [3.8, 4) is 0 Å². The number of halogens is 1. The number of thioether (sulfide) groups is 1. The van der Waals surface area contributed by atoms with E-state index in [-0.39, 0.29) is 15.2 Å². The molecule has 4 heteroatoms. The molecule has 1 rings (SSSR count). The zero-order chi connectivity index (χ0) is 11.6. The lowest BCUT2D eigenvalue weighted by Gasteiger charge is -2.19. The summed E-state index contributed by atoms with van der Waals surface area (Å²) >= 11 is 1.23. The molecular formula is C11H13FO2S. The van der Waals surface area contributed by atoms with Crippen molar-refractivity contribution in [1.82, 2.24) is 0 Å². The van der Waals surface area contributed by atoms with Crippen molar-refractivity contribution in [3.63, 3.8) is 0 Å². The summed E-state index contributed by atoms with van der Waals surface area (Å²) < 4.78 is 13.2. The molecule has 82 valence electrons. The fourth-order valence-corrected chi connectivity index (χ4v) is 2.13. The zero-order valence-corrected chi connectivity index (χ0v) is 9.69. The summed E-state index contributed by atoms with van der Waals surface area (Å²) in [5.41, 5.74) is 0.0231. The van der Waals surface area contributed by atoms with Gasteiger partial charge in [-0.05, 0) is 12.1 Å². The number of aromatic carboxylic acids is 1. The Labute approximate surface area is 92.5 Å². The highest BCUT2D eigenvalue weighted by molar-refractivity contribution is 8.00. The Hall–Kier alpha value is -1.03. The van der Waals surface area contributed by atoms with E-state index < -0.39 is 11.8 Å². The quantitative estimate of drug-likeness (QED) is 0.788. The second-order valence-electron chi connectivity index (χ2n) is 4.14. The number of carboxylic acid groups (broad SMARTS) is 1. The Morgan fingerprint density at radius 3 is 2.47 bits per heavy atom. The van der Waals surface area contributed by atoms with Crippen LogP contribution in [0.2, 0.25) is 0 Å².